The molecular formula is C15H28O3Si. The largest absolute Gasteiger partial charge is 0.469 e. The molecule has 3 nitrogen and oxygen atoms in total. The first kappa shape index (κ1) is 15.0. The van der Waals surface area contributed by atoms with Crippen LogP contribution in [0.5, 0.6) is 0 Å². The summed E-state index contributed by atoms with van der Waals surface area (Å²) in [7, 11) is -0.350. The number of carbonyl (C=O) groups excluding carboxylic acids is 1. The normalized spacial score (nSPS) is 34.6. The number of fused-ring (bicyclic) bond motifs is 1. The van der Waals surface area contributed by atoms with Gasteiger partial charge in [-0.1, -0.05) is 27.2 Å². The topological polar surface area (TPSA) is 35.5 Å². The lowest BCUT2D eigenvalue weighted by atomic mass is 9.63. The lowest BCUT2D eigenvalue weighted by Crippen LogP contribution is -2.63. The van der Waals surface area contributed by atoms with Gasteiger partial charge < -0.3 is 9.16 Å². The van der Waals surface area contributed by atoms with E-state index in [9.17, 15) is 4.79 Å². The Balaban J connectivity index is 2.22. The van der Waals surface area contributed by atoms with Crippen molar-refractivity contribution in [2.45, 2.75) is 70.2 Å². The molecule has 0 aromatic carbocycles. The zero-order valence-electron chi connectivity index (χ0n) is 13.2. The molecule has 0 aliphatic heterocycles. The average molecular weight is 284 g/mol. The first-order chi connectivity index (χ1) is 8.64. The van der Waals surface area contributed by atoms with Gasteiger partial charge in [-0.3, -0.25) is 4.79 Å². The Morgan fingerprint density at radius 1 is 1.32 bits per heavy atom. The van der Waals surface area contributed by atoms with E-state index < -0.39 is 8.32 Å². The van der Waals surface area contributed by atoms with Crippen LogP contribution in [0.2, 0.25) is 18.1 Å². The molecule has 110 valence electrons. The summed E-state index contributed by atoms with van der Waals surface area (Å²) in [6.45, 7) is 11.3. The fraction of sp³-hybridized carbons (Fsp3) is 0.933. The molecule has 2 aliphatic rings. The molecule has 0 saturated heterocycles. The van der Waals surface area contributed by atoms with E-state index in [4.69, 9.17) is 9.16 Å². The third-order valence-electron chi connectivity index (χ3n) is 5.66. The molecular weight excluding hydrogens is 256 g/mol. The van der Waals surface area contributed by atoms with E-state index in [-0.39, 0.29) is 22.5 Å². The molecule has 3 atom stereocenters. The summed E-state index contributed by atoms with van der Waals surface area (Å²) in [5.74, 6) is 0.474. The third kappa shape index (κ3) is 2.27. The van der Waals surface area contributed by atoms with Crippen molar-refractivity contribution in [2.24, 2.45) is 11.8 Å². The minimum atomic E-state index is -1.84. The molecule has 0 bridgehead atoms. The minimum absolute atomic E-state index is 0.0286. The van der Waals surface area contributed by atoms with Crippen LogP contribution in [-0.2, 0) is 14.0 Å². The van der Waals surface area contributed by atoms with Gasteiger partial charge in [-0.05, 0) is 43.3 Å². The molecule has 0 aromatic rings. The number of carbonyl (C=O) groups is 1. The Morgan fingerprint density at radius 2 is 1.95 bits per heavy atom. The van der Waals surface area contributed by atoms with Crippen molar-refractivity contribution in [1.82, 2.24) is 0 Å². The van der Waals surface area contributed by atoms with E-state index in [1.807, 2.05) is 0 Å². The summed E-state index contributed by atoms with van der Waals surface area (Å²) in [6, 6.07) is 0. The first-order valence-electron chi connectivity index (χ1n) is 7.42. The standard InChI is InChI=1S/C15H28O3Si/c1-14(2,3)19(5,6)18-15-9-7-8-11(15)10-12(15)13(16)17-4/h11-12H,7-10H2,1-6H3/t11-,12?,15-/m0/s1. The Hall–Kier alpha value is -0.353. The molecule has 0 amide bonds. The molecule has 2 rings (SSSR count). The highest BCUT2D eigenvalue weighted by molar-refractivity contribution is 6.74. The Kier molecular flexibility index (Phi) is 3.63. The number of hydrogen-bond acceptors (Lipinski definition) is 3. The van der Waals surface area contributed by atoms with Crippen molar-refractivity contribution in [3.05, 3.63) is 0 Å². The van der Waals surface area contributed by atoms with Gasteiger partial charge in [-0.15, -0.1) is 0 Å². The molecule has 0 spiro atoms. The van der Waals surface area contributed by atoms with E-state index in [0.29, 0.717) is 5.92 Å². The lowest BCUT2D eigenvalue weighted by molar-refractivity contribution is -0.177. The molecule has 2 saturated carbocycles. The van der Waals surface area contributed by atoms with Gasteiger partial charge in [0.15, 0.2) is 8.32 Å². The van der Waals surface area contributed by atoms with Crippen LogP contribution in [0, 0.1) is 11.8 Å². The maximum absolute atomic E-state index is 12.0. The van der Waals surface area contributed by atoms with Crippen LogP contribution >= 0.6 is 0 Å². The van der Waals surface area contributed by atoms with Crippen LogP contribution in [0.15, 0.2) is 0 Å². The summed E-state index contributed by atoms with van der Waals surface area (Å²) < 4.78 is 11.7. The van der Waals surface area contributed by atoms with Crippen LogP contribution in [-0.4, -0.2) is 27.0 Å². The zero-order valence-corrected chi connectivity index (χ0v) is 14.2. The van der Waals surface area contributed by atoms with Crippen LogP contribution < -0.4 is 0 Å². The number of rotatable bonds is 3. The second kappa shape index (κ2) is 4.59. The van der Waals surface area contributed by atoms with E-state index in [0.717, 1.165) is 12.8 Å². The molecule has 0 aromatic heterocycles. The SMILES string of the molecule is COC(=O)C1C[C@@H]2CCC[C@@]12O[Si](C)(C)C(C)(C)C. The average Bonchev–Trinajstić information content (AvgIpc) is 2.56. The van der Waals surface area contributed by atoms with Crippen LogP contribution in [0.4, 0.5) is 0 Å². The molecule has 19 heavy (non-hydrogen) atoms. The molecule has 0 N–H and O–H groups in total. The van der Waals surface area contributed by atoms with E-state index in [2.05, 4.69) is 33.9 Å². The fourth-order valence-electron chi connectivity index (χ4n) is 3.44. The molecule has 2 aliphatic carbocycles. The van der Waals surface area contributed by atoms with Gasteiger partial charge >= 0.3 is 5.97 Å². The maximum atomic E-state index is 12.0. The van der Waals surface area contributed by atoms with Gasteiger partial charge in [0.25, 0.3) is 0 Å². The molecule has 1 unspecified atom stereocenters. The minimum Gasteiger partial charge on any atom is -0.469 e. The van der Waals surface area contributed by atoms with Crippen LogP contribution in [0.25, 0.3) is 0 Å². The predicted octanol–water partition coefficient (Wildman–Crippen LogP) is 3.74. The van der Waals surface area contributed by atoms with Gasteiger partial charge in [0.2, 0.25) is 0 Å². The maximum Gasteiger partial charge on any atom is 0.311 e. The molecule has 0 heterocycles. The number of ether oxygens (including phenoxy) is 1. The smallest absolute Gasteiger partial charge is 0.311 e. The second-order valence-electron chi connectivity index (χ2n) is 7.72. The van der Waals surface area contributed by atoms with Gasteiger partial charge in [0.1, 0.15) is 0 Å². The summed E-state index contributed by atoms with van der Waals surface area (Å²) in [4.78, 5) is 12.0. The second-order valence-corrected chi connectivity index (χ2v) is 12.4. The van der Waals surface area contributed by atoms with E-state index in [1.54, 1.807) is 0 Å². The predicted molar refractivity (Wildman–Crippen MR) is 78.5 cm³/mol. The monoisotopic (exact) mass is 284 g/mol. The third-order valence-corrected chi connectivity index (χ3v) is 10.2. The quantitative estimate of drug-likeness (QED) is 0.585. The summed E-state index contributed by atoms with van der Waals surface area (Å²) in [6.07, 6.45) is 4.39. The van der Waals surface area contributed by atoms with Gasteiger partial charge in [0, 0.05) is 0 Å². The highest BCUT2D eigenvalue weighted by atomic mass is 28.4. The van der Waals surface area contributed by atoms with E-state index >= 15 is 0 Å². The van der Waals surface area contributed by atoms with E-state index in [1.165, 1.54) is 20.0 Å². The summed E-state index contributed by atoms with van der Waals surface area (Å²) in [5.41, 5.74) is -0.198. The van der Waals surface area contributed by atoms with Crippen molar-refractivity contribution in [3.63, 3.8) is 0 Å². The van der Waals surface area contributed by atoms with Crippen molar-refractivity contribution >= 4 is 14.3 Å². The first-order valence-corrected chi connectivity index (χ1v) is 10.3. The molecule has 2 fully saturated rings. The zero-order chi connectivity index (χ0) is 14.5. The van der Waals surface area contributed by atoms with Gasteiger partial charge in [0.05, 0.1) is 18.6 Å². The highest BCUT2D eigenvalue weighted by Crippen LogP contribution is 2.59. The van der Waals surface area contributed by atoms with Crippen LogP contribution in [0.1, 0.15) is 46.5 Å². The molecule has 4 heteroatoms. The van der Waals surface area contributed by atoms with Crippen molar-refractivity contribution in [1.29, 1.82) is 0 Å². The lowest BCUT2D eigenvalue weighted by Gasteiger charge is -2.56. The van der Waals surface area contributed by atoms with Crippen molar-refractivity contribution < 1.29 is 14.0 Å². The van der Waals surface area contributed by atoms with Crippen molar-refractivity contribution in [3.8, 4) is 0 Å². The van der Waals surface area contributed by atoms with Gasteiger partial charge in [-0.25, -0.2) is 0 Å². The molecule has 0 radical (unpaired) electrons. The number of methoxy groups -OCH3 is 1. The van der Waals surface area contributed by atoms with Crippen LogP contribution in [0.3, 0.4) is 0 Å². The number of hydrogen-bond donors (Lipinski definition) is 0. The number of esters is 1. The Bertz CT molecular complexity index is 372. The fourth-order valence-corrected chi connectivity index (χ4v) is 5.11. The Labute approximate surface area is 118 Å². The van der Waals surface area contributed by atoms with Gasteiger partial charge in [-0.2, -0.15) is 0 Å². The summed E-state index contributed by atoms with van der Waals surface area (Å²) >= 11 is 0. The highest BCUT2D eigenvalue weighted by Gasteiger charge is 2.64. The summed E-state index contributed by atoms with van der Waals surface area (Å²) in [5, 5.41) is 0.186. The Morgan fingerprint density at radius 3 is 2.42 bits per heavy atom. The van der Waals surface area contributed by atoms with Crippen molar-refractivity contribution in [2.75, 3.05) is 7.11 Å².